The van der Waals surface area contributed by atoms with Crippen molar-refractivity contribution in [1.29, 1.82) is 0 Å². The summed E-state index contributed by atoms with van der Waals surface area (Å²) in [4.78, 5) is 11.7. The van der Waals surface area contributed by atoms with E-state index in [0.717, 1.165) is 12.1 Å². The molecule has 20 heavy (non-hydrogen) atoms. The number of alkyl halides is 3. The first-order valence-electron chi connectivity index (χ1n) is 6.19. The first-order valence-corrected chi connectivity index (χ1v) is 6.19. The van der Waals surface area contributed by atoms with Crippen LogP contribution in [0.15, 0.2) is 24.3 Å². The zero-order valence-electron chi connectivity index (χ0n) is 11.3. The predicted molar refractivity (Wildman–Crippen MR) is 71.3 cm³/mol. The number of carbonyl (C=O) groups excluding carboxylic acids is 1. The SMILES string of the molecule is CC(CN)C(C)NC(=O)Nc1cccc(C(F)(F)F)c1. The van der Waals surface area contributed by atoms with Gasteiger partial charge in [-0.05, 0) is 37.6 Å². The lowest BCUT2D eigenvalue weighted by atomic mass is 10.0. The number of hydrogen-bond acceptors (Lipinski definition) is 2. The summed E-state index contributed by atoms with van der Waals surface area (Å²) in [5.74, 6) is 0.0715. The smallest absolute Gasteiger partial charge is 0.335 e. The van der Waals surface area contributed by atoms with Crippen molar-refractivity contribution in [1.82, 2.24) is 5.32 Å². The molecule has 112 valence electrons. The van der Waals surface area contributed by atoms with Gasteiger partial charge in [0, 0.05) is 11.7 Å². The molecule has 2 amide bonds. The number of nitrogens with two attached hydrogens (primary N) is 1. The Morgan fingerprint density at radius 3 is 2.55 bits per heavy atom. The van der Waals surface area contributed by atoms with Crippen LogP contribution in [0.2, 0.25) is 0 Å². The number of anilines is 1. The van der Waals surface area contributed by atoms with E-state index in [1.807, 2.05) is 6.92 Å². The van der Waals surface area contributed by atoms with Gasteiger partial charge in [-0.2, -0.15) is 13.2 Å². The summed E-state index contributed by atoms with van der Waals surface area (Å²) in [6.07, 6.45) is -4.43. The van der Waals surface area contributed by atoms with Crippen LogP contribution in [0.25, 0.3) is 0 Å². The normalized spacial score (nSPS) is 14.5. The third kappa shape index (κ3) is 4.73. The predicted octanol–water partition coefficient (Wildman–Crippen LogP) is 2.81. The zero-order valence-corrected chi connectivity index (χ0v) is 11.3. The number of halogens is 3. The molecule has 1 aromatic carbocycles. The molecular formula is C13H18F3N3O. The summed E-state index contributed by atoms with van der Waals surface area (Å²) in [6.45, 7) is 4.06. The molecule has 0 spiro atoms. The molecule has 0 saturated heterocycles. The highest BCUT2D eigenvalue weighted by Crippen LogP contribution is 2.30. The van der Waals surface area contributed by atoms with Gasteiger partial charge in [0.15, 0.2) is 0 Å². The fourth-order valence-corrected chi connectivity index (χ4v) is 1.49. The molecule has 1 rings (SSSR count). The van der Waals surface area contributed by atoms with Crippen molar-refractivity contribution in [2.45, 2.75) is 26.1 Å². The summed E-state index contributed by atoms with van der Waals surface area (Å²) in [5, 5.41) is 5.00. The minimum Gasteiger partial charge on any atom is -0.335 e. The molecule has 0 aromatic heterocycles. The van der Waals surface area contributed by atoms with Crippen LogP contribution in [0.4, 0.5) is 23.7 Å². The maximum Gasteiger partial charge on any atom is 0.416 e. The van der Waals surface area contributed by atoms with Crippen LogP contribution in [0.1, 0.15) is 19.4 Å². The molecule has 4 N–H and O–H groups in total. The Kier molecular flexibility index (Phi) is 5.38. The van der Waals surface area contributed by atoms with Crippen molar-refractivity contribution in [3.63, 3.8) is 0 Å². The van der Waals surface area contributed by atoms with Crippen LogP contribution in [0, 0.1) is 5.92 Å². The lowest BCUT2D eigenvalue weighted by Gasteiger charge is -2.20. The third-order valence-corrected chi connectivity index (χ3v) is 3.03. The van der Waals surface area contributed by atoms with E-state index in [4.69, 9.17) is 5.73 Å². The van der Waals surface area contributed by atoms with Crippen LogP contribution in [-0.2, 0) is 6.18 Å². The molecule has 0 radical (unpaired) electrons. The summed E-state index contributed by atoms with van der Waals surface area (Å²) in [7, 11) is 0. The van der Waals surface area contributed by atoms with Crippen LogP contribution in [0.5, 0.6) is 0 Å². The highest BCUT2D eigenvalue weighted by molar-refractivity contribution is 5.89. The van der Waals surface area contributed by atoms with Gasteiger partial charge in [-0.3, -0.25) is 0 Å². The maximum absolute atomic E-state index is 12.5. The lowest BCUT2D eigenvalue weighted by molar-refractivity contribution is -0.137. The van der Waals surface area contributed by atoms with Gasteiger partial charge >= 0.3 is 12.2 Å². The zero-order chi connectivity index (χ0) is 15.3. The number of carbonyl (C=O) groups is 1. The third-order valence-electron chi connectivity index (χ3n) is 3.03. The van der Waals surface area contributed by atoms with E-state index < -0.39 is 17.8 Å². The van der Waals surface area contributed by atoms with Gasteiger partial charge in [-0.25, -0.2) is 4.79 Å². The molecule has 0 fully saturated rings. The number of amides is 2. The van der Waals surface area contributed by atoms with Crippen LogP contribution >= 0.6 is 0 Å². The Bertz CT molecular complexity index is 462. The largest absolute Gasteiger partial charge is 0.416 e. The molecule has 0 aliphatic rings. The molecule has 0 bridgehead atoms. The Labute approximate surface area is 115 Å². The number of rotatable bonds is 4. The molecule has 2 unspecified atom stereocenters. The van der Waals surface area contributed by atoms with Crippen molar-refractivity contribution in [3.05, 3.63) is 29.8 Å². The van der Waals surface area contributed by atoms with Crippen molar-refractivity contribution >= 4 is 11.7 Å². The topological polar surface area (TPSA) is 67.1 Å². The maximum atomic E-state index is 12.5. The van der Waals surface area contributed by atoms with Crippen LogP contribution < -0.4 is 16.4 Å². The van der Waals surface area contributed by atoms with E-state index >= 15 is 0 Å². The van der Waals surface area contributed by atoms with Crippen molar-refractivity contribution in [3.8, 4) is 0 Å². The summed E-state index contributed by atoms with van der Waals surface area (Å²) < 4.78 is 37.6. The number of urea groups is 1. The quantitative estimate of drug-likeness (QED) is 0.798. The van der Waals surface area contributed by atoms with Crippen LogP contribution in [0.3, 0.4) is 0 Å². The fourth-order valence-electron chi connectivity index (χ4n) is 1.49. The lowest BCUT2D eigenvalue weighted by Crippen LogP contribution is -2.41. The first-order chi connectivity index (χ1) is 9.24. The Hall–Kier alpha value is -1.76. The molecule has 4 nitrogen and oxygen atoms in total. The standard InChI is InChI=1S/C13H18F3N3O/c1-8(7-17)9(2)18-12(20)19-11-5-3-4-10(6-11)13(14,15)16/h3-6,8-9H,7,17H2,1-2H3,(H2,18,19,20). The van der Waals surface area contributed by atoms with E-state index in [1.54, 1.807) is 6.92 Å². The summed E-state index contributed by atoms with van der Waals surface area (Å²) in [5.41, 5.74) is 4.75. The minimum absolute atomic E-state index is 0.0715. The fraction of sp³-hybridized carbons (Fsp3) is 0.462. The second-order valence-corrected chi connectivity index (χ2v) is 4.68. The first kappa shape index (κ1) is 16.3. The van der Waals surface area contributed by atoms with Gasteiger partial charge in [-0.1, -0.05) is 13.0 Å². The van der Waals surface area contributed by atoms with Crippen molar-refractivity contribution in [2.24, 2.45) is 11.7 Å². The Morgan fingerprint density at radius 2 is 2.00 bits per heavy atom. The van der Waals surface area contributed by atoms with E-state index in [-0.39, 0.29) is 17.6 Å². The molecule has 7 heteroatoms. The monoisotopic (exact) mass is 289 g/mol. The van der Waals surface area contributed by atoms with Gasteiger partial charge in [0.25, 0.3) is 0 Å². The number of nitrogens with one attached hydrogen (secondary N) is 2. The number of benzene rings is 1. The average Bonchev–Trinajstić information content (AvgIpc) is 2.36. The average molecular weight is 289 g/mol. The van der Waals surface area contributed by atoms with E-state index in [1.165, 1.54) is 12.1 Å². The highest BCUT2D eigenvalue weighted by Gasteiger charge is 2.30. The Morgan fingerprint density at radius 1 is 1.35 bits per heavy atom. The van der Waals surface area contributed by atoms with E-state index in [0.29, 0.717) is 6.54 Å². The number of hydrogen-bond donors (Lipinski definition) is 3. The summed E-state index contributed by atoms with van der Waals surface area (Å²) >= 11 is 0. The van der Waals surface area contributed by atoms with Gasteiger partial charge < -0.3 is 16.4 Å². The van der Waals surface area contributed by atoms with Crippen molar-refractivity contribution < 1.29 is 18.0 Å². The van der Waals surface area contributed by atoms with E-state index in [2.05, 4.69) is 10.6 Å². The molecule has 0 aliphatic carbocycles. The molecule has 0 saturated carbocycles. The molecule has 2 atom stereocenters. The molecule has 0 aliphatic heterocycles. The van der Waals surface area contributed by atoms with Gasteiger partial charge in [-0.15, -0.1) is 0 Å². The molecule has 1 aromatic rings. The van der Waals surface area contributed by atoms with Gasteiger partial charge in [0.2, 0.25) is 0 Å². The molecule has 0 heterocycles. The highest BCUT2D eigenvalue weighted by atomic mass is 19.4. The second-order valence-electron chi connectivity index (χ2n) is 4.68. The van der Waals surface area contributed by atoms with Gasteiger partial charge in [0.1, 0.15) is 0 Å². The van der Waals surface area contributed by atoms with Crippen molar-refractivity contribution in [2.75, 3.05) is 11.9 Å². The molecular weight excluding hydrogens is 271 g/mol. The minimum atomic E-state index is -4.43. The summed E-state index contributed by atoms with van der Waals surface area (Å²) in [6, 6.07) is 3.73. The van der Waals surface area contributed by atoms with Gasteiger partial charge in [0.05, 0.1) is 5.56 Å². The van der Waals surface area contributed by atoms with E-state index in [9.17, 15) is 18.0 Å². The second kappa shape index (κ2) is 6.60. The Balaban J connectivity index is 2.67. The van der Waals surface area contributed by atoms with Crippen LogP contribution in [-0.4, -0.2) is 18.6 Å².